The lowest BCUT2D eigenvalue weighted by molar-refractivity contribution is 0.577. The van der Waals surface area contributed by atoms with Crippen molar-refractivity contribution in [3.05, 3.63) is 23.2 Å². The van der Waals surface area contributed by atoms with Crippen molar-refractivity contribution in [2.24, 2.45) is 0 Å². The van der Waals surface area contributed by atoms with E-state index in [-0.39, 0.29) is 18.1 Å². The number of halogens is 1. The molecule has 9 heteroatoms. The molecule has 0 bridgehead atoms. The number of rotatable bonds is 5. The van der Waals surface area contributed by atoms with E-state index in [0.29, 0.717) is 22.1 Å². The molecule has 20 heavy (non-hydrogen) atoms. The van der Waals surface area contributed by atoms with Gasteiger partial charge in [0.05, 0.1) is 23.0 Å². The first-order chi connectivity index (χ1) is 9.44. The largest absolute Gasteiger partial charge is 0.397 e. The Labute approximate surface area is 121 Å². The fourth-order valence-electron chi connectivity index (χ4n) is 1.65. The number of nitrogens with two attached hydrogens (primary N) is 1. The van der Waals surface area contributed by atoms with Crippen molar-refractivity contribution in [1.29, 1.82) is 0 Å². The van der Waals surface area contributed by atoms with Crippen LogP contribution >= 0.6 is 11.6 Å². The average molecular weight is 316 g/mol. The summed E-state index contributed by atoms with van der Waals surface area (Å²) in [5.74, 6) is 0.461. The van der Waals surface area contributed by atoms with E-state index >= 15 is 0 Å². The number of nitrogen functional groups attached to an aromatic ring is 1. The number of hydrogen-bond donors (Lipinski definition) is 1. The van der Waals surface area contributed by atoms with Gasteiger partial charge >= 0.3 is 0 Å². The summed E-state index contributed by atoms with van der Waals surface area (Å²) in [6.45, 7) is 1.77. The molecule has 1 aromatic carbocycles. The zero-order valence-electron chi connectivity index (χ0n) is 10.8. The third kappa shape index (κ3) is 3.07. The first-order valence-corrected chi connectivity index (χ1v) is 8.15. The maximum absolute atomic E-state index is 11.5. The summed E-state index contributed by atoms with van der Waals surface area (Å²) in [5.41, 5.74) is 6.84. The predicted octanol–water partition coefficient (Wildman–Crippen LogP) is 1.01. The maximum atomic E-state index is 11.5. The minimum Gasteiger partial charge on any atom is -0.397 e. The average Bonchev–Trinajstić information content (AvgIpc) is 2.88. The third-order valence-corrected chi connectivity index (χ3v) is 4.89. The van der Waals surface area contributed by atoms with Crippen LogP contribution in [0.4, 0.5) is 5.69 Å². The summed E-state index contributed by atoms with van der Waals surface area (Å²) >= 11 is 5.96. The molecule has 108 valence electrons. The van der Waals surface area contributed by atoms with Crippen molar-refractivity contribution < 1.29 is 8.42 Å². The Morgan fingerprint density at radius 3 is 2.85 bits per heavy atom. The quantitative estimate of drug-likeness (QED) is 0.826. The summed E-state index contributed by atoms with van der Waals surface area (Å²) in [6, 6.07) is 5.13. The molecular formula is C11H14ClN5O2S. The van der Waals surface area contributed by atoms with E-state index in [1.165, 1.54) is 4.68 Å². The molecule has 2 aromatic rings. The van der Waals surface area contributed by atoms with Crippen molar-refractivity contribution in [1.82, 2.24) is 20.2 Å². The molecule has 0 atom stereocenters. The van der Waals surface area contributed by atoms with Gasteiger partial charge in [0, 0.05) is 11.3 Å². The number of anilines is 1. The Morgan fingerprint density at radius 1 is 1.40 bits per heavy atom. The van der Waals surface area contributed by atoms with Gasteiger partial charge in [0.25, 0.3) is 0 Å². The van der Waals surface area contributed by atoms with Gasteiger partial charge in [0.15, 0.2) is 15.7 Å². The van der Waals surface area contributed by atoms with Crippen molar-refractivity contribution >= 4 is 27.1 Å². The van der Waals surface area contributed by atoms with Crippen LogP contribution < -0.4 is 5.73 Å². The number of aromatic nitrogens is 4. The molecule has 7 nitrogen and oxygen atoms in total. The predicted molar refractivity (Wildman–Crippen MR) is 77.0 cm³/mol. The van der Waals surface area contributed by atoms with Crippen LogP contribution in [0.3, 0.4) is 0 Å². The molecule has 0 unspecified atom stereocenters. The topological polar surface area (TPSA) is 104 Å². The SMILES string of the molecule is CCS(=O)(=O)CCn1nnnc1-c1cccc(Cl)c1N. The molecule has 0 aliphatic carbocycles. The Balaban J connectivity index is 2.32. The second-order valence-electron chi connectivity index (χ2n) is 4.16. The van der Waals surface area contributed by atoms with Crippen molar-refractivity contribution in [3.63, 3.8) is 0 Å². The van der Waals surface area contributed by atoms with Gasteiger partial charge in [-0.15, -0.1) is 5.10 Å². The molecule has 2 N–H and O–H groups in total. The van der Waals surface area contributed by atoms with Gasteiger partial charge in [-0.1, -0.05) is 24.6 Å². The molecule has 1 heterocycles. The zero-order valence-corrected chi connectivity index (χ0v) is 12.4. The smallest absolute Gasteiger partial charge is 0.184 e. The number of hydrogen-bond acceptors (Lipinski definition) is 6. The Bertz CT molecular complexity index is 713. The van der Waals surface area contributed by atoms with Crippen LogP contribution in [0.2, 0.25) is 5.02 Å². The summed E-state index contributed by atoms with van der Waals surface area (Å²) in [4.78, 5) is 0. The summed E-state index contributed by atoms with van der Waals surface area (Å²) in [6.07, 6.45) is 0. The van der Waals surface area contributed by atoms with Crippen LogP contribution in [0.15, 0.2) is 18.2 Å². The van der Waals surface area contributed by atoms with E-state index in [1.807, 2.05) is 0 Å². The molecular weight excluding hydrogens is 302 g/mol. The number of nitrogens with zero attached hydrogens (tertiary/aromatic N) is 4. The van der Waals surface area contributed by atoms with Gasteiger partial charge in [0.2, 0.25) is 0 Å². The number of para-hydroxylation sites is 1. The second-order valence-corrected chi connectivity index (χ2v) is 7.04. The lowest BCUT2D eigenvalue weighted by Crippen LogP contribution is -2.16. The highest BCUT2D eigenvalue weighted by Gasteiger charge is 2.15. The van der Waals surface area contributed by atoms with E-state index in [4.69, 9.17) is 17.3 Å². The Kier molecular flexibility index (Phi) is 4.24. The lowest BCUT2D eigenvalue weighted by Gasteiger charge is -2.08. The van der Waals surface area contributed by atoms with Gasteiger partial charge in [-0.2, -0.15) is 0 Å². The van der Waals surface area contributed by atoms with Gasteiger partial charge < -0.3 is 5.73 Å². The van der Waals surface area contributed by atoms with Crippen molar-refractivity contribution in [3.8, 4) is 11.4 Å². The molecule has 1 aromatic heterocycles. The zero-order chi connectivity index (χ0) is 14.8. The Morgan fingerprint density at radius 2 is 2.15 bits per heavy atom. The minimum atomic E-state index is -3.09. The highest BCUT2D eigenvalue weighted by molar-refractivity contribution is 7.91. The highest BCUT2D eigenvalue weighted by Crippen LogP contribution is 2.29. The van der Waals surface area contributed by atoms with E-state index < -0.39 is 9.84 Å². The number of tetrazole rings is 1. The van der Waals surface area contributed by atoms with Gasteiger partial charge in [-0.05, 0) is 22.6 Å². The lowest BCUT2D eigenvalue weighted by atomic mass is 10.1. The standard InChI is InChI=1S/C11H14ClN5O2S/c1-2-20(18,19)7-6-17-11(14-15-16-17)8-4-3-5-9(12)10(8)13/h3-5H,2,6-7,13H2,1H3. The van der Waals surface area contributed by atoms with Crippen molar-refractivity contribution in [2.75, 3.05) is 17.2 Å². The molecule has 0 amide bonds. The molecule has 0 saturated heterocycles. The third-order valence-electron chi connectivity index (χ3n) is 2.88. The summed E-state index contributed by atoms with van der Waals surface area (Å²) in [5, 5.41) is 11.6. The van der Waals surface area contributed by atoms with Crippen LogP contribution in [-0.2, 0) is 16.4 Å². The van der Waals surface area contributed by atoms with Gasteiger partial charge in [-0.25, -0.2) is 13.1 Å². The number of aryl methyl sites for hydroxylation is 1. The van der Waals surface area contributed by atoms with Gasteiger partial charge in [-0.3, -0.25) is 0 Å². The van der Waals surface area contributed by atoms with Crippen LogP contribution in [0, 0.1) is 0 Å². The maximum Gasteiger partial charge on any atom is 0.184 e. The van der Waals surface area contributed by atoms with Crippen molar-refractivity contribution in [2.45, 2.75) is 13.5 Å². The monoisotopic (exact) mass is 315 g/mol. The highest BCUT2D eigenvalue weighted by atomic mass is 35.5. The first-order valence-electron chi connectivity index (χ1n) is 5.95. The van der Waals surface area contributed by atoms with E-state index in [9.17, 15) is 8.42 Å². The Hall–Kier alpha value is -1.67. The fraction of sp³-hybridized carbons (Fsp3) is 0.364. The summed E-state index contributed by atoms with van der Waals surface area (Å²) < 4.78 is 24.5. The first kappa shape index (κ1) is 14.7. The molecule has 0 aliphatic rings. The van der Waals surface area contributed by atoms with Crippen LogP contribution in [-0.4, -0.2) is 40.1 Å². The fourth-order valence-corrected chi connectivity index (χ4v) is 2.56. The molecule has 2 rings (SSSR count). The molecule has 0 aliphatic heterocycles. The normalized spacial score (nSPS) is 11.7. The van der Waals surface area contributed by atoms with Gasteiger partial charge in [0.1, 0.15) is 0 Å². The van der Waals surface area contributed by atoms with E-state index in [1.54, 1.807) is 25.1 Å². The molecule has 0 fully saturated rings. The summed E-state index contributed by atoms with van der Waals surface area (Å²) in [7, 11) is -3.09. The number of sulfone groups is 1. The van der Waals surface area contributed by atoms with Crippen LogP contribution in [0.5, 0.6) is 0 Å². The van der Waals surface area contributed by atoms with Crippen LogP contribution in [0.25, 0.3) is 11.4 Å². The van der Waals surface area contributed by atoms with E-state index in [2.05, 4.69) is 15.5 Å². The van der Waals surface area contributed by atoms with E-state index in [0.717, 1.165) is 0 Å². The molecule has 0 saturated carbocycles. The second kappa shape index (κ2) is 5.76. The molecule has 0 spiro atoms. The minimum absolute atomic E-state index is 0.0258. The number of benzene rings is 1. The molecule has 0 radical (unpaired) electrons. The van der Waals surface area contributed by atoms with Crippen LogP contribution in [0.1, 0.15) is 6.92 Å².